The van der Waals surface area contributed by atoms with Crippen molar-refractivity contribution in [1.29, 1.82) is 0 Å². The zero-order valence-corrected chi connectivity index (χ0v) is 15.5. The number of hydrogen-bond acceptors (Lipinski definition) is 2. The maximum Gasteiger partial charge on any atom is 0.138 e. The zero-order chi connectivity index (χ0) is 17.7. The van der Waals surface area contributed by atoms with E-state index in [9.17, 15) is 0 Å². The van der Waals surface area contributed by atoms with Crippen LogP contribution in [0.5, 0.6) is 0 Å². The number of benzene rings is 2. The lowest BCUT2D eigenvalue weighted by Crippen LogP contribution is -2.26. The summed E-state index contributed by atoms with van der Waals surface area (Å²) >= 11 is 6.10. The zero-order valence-electron chi connectivity index (χ0n) is 14.7. The first kappa shape index (κ1) is 15.9. The summed E-state index contributed by atoms with van der Waals surface area (Å²) in [6.45, 7) is 1.21. The third kappa shape index (κ3) is 2.70. The molecule has 2 aromatic carbocycles. The Balaban J connectivity index is 1.54. The molecule has 0 bridgehead atoms. The SMILES string of the molecule is CN1CCC[C@@H]1Cc1c[nH]c2ccc(-c3nc4ccc(Cl)cc4[nH]3)cc12. The lowest BCUT2D eigenvalue weighted by atomic mass is 10.0. The van der Waals surface area contributed by atoms with Crippen molar-refractivity contribution >= 4 is 33.5 Å². The minimum Gasteiger partial charge on any atom is -0.361 e. The molecule has 2 aromatic heterocycles. The summed E-state index contributed by atoms with van der Waals surface area (Å²) in [5.74, 6) is 0.884. The van der Waals surface area contributed by atoms with E-state index in [0.717, 1.165) is 33.9 Å². The van der Waals surface area contributed by atoms with Crippen LogP contribution in [-0.2, 0) is 6.42 Å². The van der Waals surface area contributed by atoms with Crippen molar-refractivity contribution in [3.05, 3.63) is 53.2 Å². The second-order valence-electron chi connectivity index (χ2n) is 7.30. The maximum atomic E-state index is 6.10. The van der Waals surface area contributed by atoms with Crippen LogP contribution in [0.15, 0.2) is 42.6 Å². The lowest BCUT2D eigenvalue weighted by Gasteiger charge is -2.18. The third-order valence-corrected chi connectivity index (χ3v) is 5.85. The van der Waals surface area contributed by atoms with Crippen LogP contribution < -0.4 is 0 Å². The summed E-state index contributed by atoms with van der Waals surface area (Å²) in [7, 11) is 2.23. The molecule has 5 rings (SSSR count). The van der Waals surface area contributed by atoms with Crippen LogP contribution in [-0.4, -0.2) is 39.5 Å². The van der Waals surface area contributed by atoms with Crippen molar-refractivity contribution in [1.82, 2.24) is 19.9 Å². The molecule has 3 heterocycles. The van der Waals surface area contributed by atoms with E-state index in [-0.39, 0.29) is 0 Å². The van der Waals surface area contributed by atoms with Gasteiger partial charge in [0, 0.05) is 33.7 Å². The smallest absolute Gasteiger partial charge is 0.138 e. The number of aromatic nitrogens is 3. The molecule has 2 N–H and O–H groups in total. The number of hydrogen-bond donors (Lipinski definition) is 2. The molecule has 0 spiro atoms. The molecular weight excluding hydrogens is 344 g/mol. The van der Waals surface area contributed by atoms with Gasteiger partial charge < -0.3 is 14.9 Å². The van der Waals surface area contributed by atoms with Crippen molar-refractivity contribution in [3.63, 3.8) is 0 Å². The van der Waals surface area contributed by atoms with Crippen molar-refractivity contribution in [3.8, 4) is 11.4 Å². The van der Waals surface area contributed by atoms with Crippen LogP contribution >= 0.6 is 11.6 Å². The van der Waals surface area contributed by atoms with E-state index in [2.05, 4.69) is 46.3 Å². The van der Waals surface area contributed by atoms with Gasteiger partial charge in [-0.15, -0.1) is 0 Å². The Morgan fingerprint density at radius 3 is 2.96 bits per heavy atom. The van der Waals surface area contributed by atoms with E-state index in [1.54, 1.807) is 0 Å². The van der Waals surface area contributed by atoms with E-state index in [1.165, 1.54) is 35.9 Å². The second kappa shape index (κ2) is 6.15. The second-order valence-corrected chi connectivity index (χ2v) is 7.74. The summed E-state index contributed by atoms with van der Waals surface area (Å²) < 4.78 is 0. The van der Waals surface area contributed by atoms with Gasteiger partial charge in [0.25, 0.3) is 0 Å². The Morgan fingerprint density at radius 1 is 1.19 bits per heavy atom. The number of nitrogens with one attached hydrogen (secondary N) is 2. The van der Waals surface area contributed by atoms with Crippen molar-refractivity contribution in [2.75, 3.05) is 13.6 Å². The van der Waals surface area contributed by atoms with Crippen LogP contribution in [0.3, 0.4) is 0 Å². The summed E-state index contributed by atoms with van der Waals surface area (Å²) in [4.78, 5) is 14.0. The Bertz CT molecular complexity index is 1090. The predicted octanol–water partition coefficient (Wildman–Crippen LogP) is 5.00. The fraction of sp³-hybridized carbons (Fsp3) is 0.286. The monoisotopic (exact) mass is 364 g/mol. The minimum atomic E-state index is 0.644. The summed E-state index contributed by atoms with van der Waals surface area (Å²) in [5, 5.41) is 2.01. The number of aromatic amines is 2. The highest BCUT2D eigenvalue weighted by molar-refractivity contribution is 6.31. The van der Waals surface area contributed by atoms with Gasteiger partial charge in [-0.2, -0.15) is 0 Å². The molecule has 1 aliphatic heterocycles. The van der Waals surface area contributed by atoms with Crippen molar-refractivity contribution in [2.45, 2.75) is 25.3 Å². The summed E-state index contributed by atoms with van der Waals surface area (Å²) in [6.07, 6.45) is 5.85. The molecule has 1 atom stereocenters. The third-order valence-electron chi connectivity index (χ3n) is 5.61. The molecule has 5 heteroatoms. The maximum absolute atomic E-state index is 6.10. The van der Waals surface area contributed by atoms with E-state index >= 15 is 0 Å². The Kier molecular flexibility index (Phi) is 3.76. The van der Waals surface area contributed by atoms with Gasteiger partial charge in [-0.25, -0.2) is 4.98 Å². The first-order valence-electron chi connectivity index (χ1n) is 9.13. The predicted molar refractivity (Wildman–Crippen MR) is 108 cm³/mol. The standard InChI is InChI=1S/C21H21ClN4/c1-26-8-2-3-16(26)9-14-12-23-18-6-4-13(10-17(14)18)21-24-19-7-5-15(22)11-20(19)25-21/h4-7,10-12,16,23H,2-3,8-9H2,1H3,(H,24,25)/t16-/m1/s1. The summed E-state index contributed by atoms with van der Waals surface area (Å²) in [5.41, 5.74) is 5.58. The molecule has 0 amide bonds. The largest absolute Gasteiger partial charge is 0.361 e. The van der Waals surface area contributed by atoms with Gasteiger partial charge in [0.05, 0.1) is 11.0 Å². The van der Waals surface area contributed by atoms with Crippen LogP contribution in [0, 0.1) is 0 Å². The molecule has 0 unspecified atom stereocenters. The van der Waals surface area contributed by atoms with E-state index < -0.39 is 0 Å². The van der Waals surface area contributed by atoms with Gasteiger partial charge in [-0.1, -0.05) is 11.6 Å². The number of halogens is 1. The topological polar surface area (TPSA) is 47.7 Å². The molecule has 4 nitrogen and oxygen atoms in total. The Morgan fingerprint density at radius 2 is 2.12 bits per heavy atom. The van der Waals surface area contributed by atoms with Gasteiger partial charge in [0.2, 0.25) is 0 Å². The number of fused-ring (bicyclic) bond motifs is 2. The number of rotatable bonds is 3. The van der Waals surface area contributed by atoms with Crippen molar-refractivity contribution in [2.24, 2.45) is 0 Å². The molecule has 1 fully saturated rings. The quantitative estimate of drug-likeness (QED) is 0.537. The molecule has 0 radical (unpaired) electrons. The van der Waals surface area contributed by atoms with Crippen LogP contribution in [0.1, 0.15) is 18.4 Å². The molecule has 1 saturated heterocycles. The highest BCUT2D eigenvalue weighted by atomic mass is 35.5. The molecule has 4 aromatic rings. The normalized spacial score (nSPS) is 18.3. The van der Waals surface area contributed by atoms with Gasteiger partial charge in [-0.3, -0.25) is 0 Å². The molecule has 26 heavy (non-hydrogen) atoms. The molecule has 132 valence electrons. The molecule has 0 aliphatic carbocycles. The van der Waals surface area contributed by atoms with E-state index in [1.807, 2.05) is 18.2 Å². The van der Waals surface area contributed by atoms with E-state index in [4.69, 9.17) is 16.6 Å². The van der Waals surface area contributed by atoms with Crippen LogP contribution in [0.25, 0.3) is 33.3 Å². The minimum absolute atomic E-state index is 0.644. The van der Waals surface area contributed by atoms with Gasteiger partial charge in [0.1, 0.15) is 5.82 Å². The van der Waals surface area contributed by atoms with Crippen LogP contribution in [0.4, 0.5) is 0 Å². The number of likely N-dealkylation sites (tertiary alicyclic amines) is 1. The van der Waals surface area contributed by atoms with Gasteiger partial charge in [-0.05, 0) is 74.8 Å². The number of nitrogens with zero attached hydrogens (tertiary/aromatic N) is 2. The Hall–Kier alpha value is -2.30. The fourth-order valence-electron chi connectivity index (χ4n) is 4.10. The first-order valence-corrected chi connectivity index (χ1v) is 9.51. The molecule has 0 saturated carbocycles. The highest BCUT2D eigenvalue weighted by Gasteiger charge is 2.22. The first-order chi connectivity index (χ1) is 12.7. The highest BCUT2D eigenvalue weighted by Crippen LogP contribution is 2.29. The van der Waals surface area contributed by atoms with Crippen molar-refractivity contribution < 1.29 is 0 Å². The number of imidazole rings is 1. The van der Waals surface area contributed by atoms with Crippen LogP contribution in [0.2, 0.25) is 5.02 Å². The van der Waals surface area contributed by atoms with Gasteiger partial charge >= 0.3 is 0 Å². The molecule has 1 aliphatic rings. The average molecular weight is 365 g/mol. The summed E-state index contributed by atoms with van der Waals surface area (Å²) in [6, 6.07) is 12.9. The van der Waals surface area contributed by atoms with E-state index in [0.29, 0.717) is 6.04 Å². The van der Waals surface area contributed by atoms with Gasteiger partial charge in [0.15, 0.2) is 0 Å². The molecular formula is C21H21ClN4. The average Bonchev–Trinajstić information content (AvgIpc) is 3.34. The fourth-order valence-corrected chi connectivity index (χ4v) is 4.28. The number of H-pyrrole nitrogens is 2. The number of likely N-dealkylation sites (N-methyl/N-ethyl adjacent to an activating group) is 1. The Labute approximate surface area is 157 Å². The lowest BCUT2D eigenvalue weighted by molar-refractivity contribution is 0.310.